The molecule has 0 aliphatic carbocycles. The van der Waals surface area contributed by atoms with Gasteiger partial charge >= 0.3 is 0 Å². The average molecular weight is 394 g/mol. The van der Waals surface area contributed by atoms with Crippen LogP contribution < -0.4 is 10.2 Å². The van der Waals surface area contributed by atoms with Crippen LogP contribution in [0.25, 0.3) is 0 Å². The van der Waals surface area contributed by atoms with E-state index >= 15 is 0 Å². The Balaban J connectivity index is 1.60. The average Bonchev–Trinajstić information content (AvgIpc) is 2.71. The zero-order chi connectivity index (χ0) is 19.7. The van der Waals surface area contributed by atoms with Crippen molar-refractivity contribution in [3.8, 4) is 5.75 Å². The third-order valence-electron chi connectivity index (χ3n) is 5.17. The maximum absolute atomic E-state index is 13.0. The van der Waals surface area contributed by atoms with Crippen molar-refractivity contribution >= 4 is 22.2 Å². The SMILES string of the molecule is Cc1ccc2c(c1C)N(CCNCc1ccccc1O)c1cccnc1S2=O. The predicted octanol–water partition coefficient (Wildman–Crippen LogP) is 3.81. The van der Waals surface area contributed by atoms with Gasteiger partial charge in [-0.15, -0.1) is 0 Å². The largest absolute Gasteiger partial charge is 0.508 e. The molecule has 0 bridgehead atoms. The Morgan fingerprint density at radius 2 is 1.93 bits per heavy atom. The van der Waals surface area contributed by atoms with Crippen molar-refractivity contribution in [1.29, 1.82) is 0 Å². The van der Waals surface area contributed by atoms with Gasteiger partial charge in [-0.2, -0.15) is 0 Å². The van der Waals surface area contributed by atoms with Crippen LogP contribution in [-0.4, -0.2) is 27.4 Å². The highest BCUT2D eigenvalue weighted by molar-refractivity contribution is 7.85. The van der Waals surface area contributed by atoms with E-state index in [1.165, 1.54) is 5.56 Å². The molecule has 0 spiro atoms. The number of fused-ring (bicyclic) bond motifs is 2. The molecule has 2 heterocycles. The van der Waals surface area contributed by atoms with Crippen LogP contribution in [-0.2, 0) is 17.3 Å². The minimum atomic E-state index is -1.28. The summed E-state index contributed by atoms with van der Waals surface area (Å²) in [5.41, 5.74) is 5.10. The number of nitrogens with zero attached hydrogens (tertiary/aromatic N) is 2. The lowest BCUT2D eigenvalue weighted by Gasteiger charge is -2.34. The van der Waals surface area contributed by atoms with Crippen molar-refractivity contribution in [2.24, 2.45) is 0 Å². The fourth-order valence-electron chi connectivity index (χ4n) is 3.52. The highest BCUT2D eigenvalue weighted by atomic mass is 32.2. The number of rotatable bonds is 5. The number of hydrogen-bond donors (Lipinski definition) is 2. The number of benzene rings is 2. The Morgan fingerprint density at radius 3 is 2.75 bits per heavy atom. The van der Waals surface area contributed by atoms with Crippen molar-refractivity contribution in [3.63, 3.8) is 0 Å². The summed E-state index contributed by atoms with van der Waals surface area (Å²) in [5, 5.41) is 13.9. The molecule has 28 heavy (non-hydrogen) atoms. The van der Waals surface area contributed by atoms with Crippen LogP contribution >= 0.6 is 0 Å². The number of hydrogen-bond acceptors (Lipinski definition) is 5. The highest BCUT2D eigenvalue weighted by Crippen LogP contribution is 2.43. The lowest BCUT2D eigenvalue weighted by molar-refractivity contribution is 0.464. The molecule has 5 nitrogen and oxygen atoms in total. The highest BCUT2D eigenvalue weighted by Gasteiger charge is 2.30. The molecule has 2 N–H and O–H groups in total. The normalized spacial score (nSPS) is 15.2. The van der Waals surface area contributed by atoms with E-state index in [-0.39, 0.29) is 0 Å². The third kappa shape index (κ3) is 3.30. The number of para-hydroxylation sites is 1. The van der Waals surface area contributed by atoms with Crippen LogP contribution in [0.3, 0.4) is 0 Å². The molecule has 1 atom stereocenters. The van der Waals surface area contributed by atoms with Gasteiger partial charge in [-0.3, -0.25) is 0 Å². The summed E-state index contributed by atoms with van der Waals surface area (Å²) in [6.45, 7) is 6.16. The van der Waals surface area contributed by atoms with Gasteiger partial charge < -0.3 is 15.3 Å². The van der Waals surface area contributed by atoms with Gasteiger partial charge in [0.15, 0.2) is 5.03 Å². The standard InChI is InChI=1S/C22H23N3O2S/c1-15-9-10-20-21(16(15)2)25(18-7-5-11-24-22(18)28(20)27)13-12-23-14-17-6-3-4-8-19(17)26/h3-11,23,26H,12-14H2,1-2H3. The molecular weight excluding hydrogens is 370 g/mol. The van der Waals surface area contributed by atoms with Crippen LogP contribution in [0, 0.1) is 13.8 Å². The van der Waals surface area contributed by atoms with Gasteiger partial charge in [0.25, 0.3) is 0 Å². The monoisotopic (exact) mass is 393 g/mol. The van der Waals surface area contributed by atoms with Crippen LogP contribution in [0.1, 0.15) is 16.7 Å². The molecule has 1 unspecified atom stereocenters. The zero-order valence-electron chi connectivity index (χ0n) is 16.0. The molecule has 3 aromatic rings. The molecule has 144 valence electrons. The van der Waals surface area contributed by atoms with Crippen LogP contribution in [0.4, 0.5) is 11.4 Å². The van der Waals surface area contributed by atoms with Gasteiger partial charge in [-0.05, 0) is 49.2 Å². The molecular formula is C22H23N3O2S. The molecule has 0 radical (unpaired) electrons. The topological polar surface area (TPSA) is 65.5 Å². The van der Waals surface area contributed by atoms with Gasteiger partial charge in [0, 0.05) is 31.4 Å². The summed E-state index contributed by atoms with van der Waals surface area (Å²) in [6.07, 6.45) is 1.69. The van der Waals surface area contributed by atoms with E-state index in [0.717, 1.165) is 27.4 Å². The number of aromatic hydroxyl groups is 1. The van der Waals surface area contributed by atoms with Gasteiger partial charge in [-0.1, -0.05) is 24.3 Å². The van der Waals surface area contributed by atoms with Gasteiger partial charge in [0.05, 0.1) is 16.3 Å². The molecule has 0 fully saturated rings. The summed E-state index contributed by atoms with van der Waals surface area (Å²) in [4.78, 5) is 7.42. The van der Waals surface area contributed by atoms with Crippen molar-refractivity contribution in [2.75, 3.05) is 18.0 Å². The summed E-state index contributed by atoms with van der Waals surface area (Å²) < 4.78 is 13.0. The second kappa shape index (κ2) is 7.73. The van der Waals surface area contributed by atoms with Gasteiger partial charge in [0.1, 0.15) is 16.5 Å². The lowest BCUT2D eigenvalue weighted by atomic mass is 10.1. The van der Waals surface area contributed by atoms with Crippen LogP contribution in [0.5, 0.6) is 5.75 Å². The fourth-order valence-corrected chi connectivity index (χ4v) is 4.89. The van der Waals surface area contributed by atoms with E-state index in [0.29, 0.717) is 30.4 Å². The first-order valence-electron chi connectivity index (χ1n) is 9.30. The second-order valence-electron chi connectivity index (χ2n) is 6.91. The smallest absolute Gasteiger partial charge is 0.155 e. The Hall–Kier alpha value is -2.70. The van der Waals surface area contributed by atoms with E-state index in [4.69, 9.17) is 0 Å². The van der Waals surface area contributed by atoms with Crippen molar-refractivity contribution in [1.82, 2.24) is 10.3 Å². The first-order chi connectivity index (χ1) is 13.6. The predicted molar refractivity (Wildman–Crippen MR) is 112 cm³/mol. The van der Waals surface area contributed by atoms with Crippen LogP contribution in [0.15, 0.2) is 64.6 Å². The number of aryl methyl sites for hydroxylation is 1. The van der Waals surface area contributed by atoms with E-state index < -0.39 is 10.8 Å². The minimum Gasteiger partial charge on any atom is -0.508 e. The summed E-state index contributed by atoms with van der Waals surface area (Å²) in [6, 6.07) is 15.2. The van der Waals surface area contributed by atoms with Gasteiger partial charge in [-0.25, -0.2) is 9.19 Å². The molecule has 6 heteroatoms. The van der Waals surface area contributed by atoms with E-state index in [2.05, 4.69) is 29.0 Å². The number of phenolic OH excluding ortho intramolecular Hbond substituents is 1. The maximum atomic E-state index is 13.0. The van der Waals surface area contributed by atoms with Crippen molar-refractivity contribution in [3.05, 3.63) is 71.4 Å². The second-order valence-corrected chi connectivity index (χ2v) is 8.27. The Bertz CT molecular complexity index is 1050. The number of phenols is 1. The summed E-state index contributed by atoms with van der Waals surface area (Å²) in [5.74, 6) is 0.301. The Labute approximate surface area is 167 Å². The molecule has 2 aromatic carbocycles. The number of anilines is 2. The molecule has 0 amide bonds. The maximum Gasteiger partial charge on any atom is 0.155 e. The minimum absolute atomic E-state index is 0.301. The lowest BCUT2D eigenvalue weighted by Crippen LogP contribution is -2.32. The Morgan fingerprint density at radius 1 is 1.11 bits per heavy atom. The van der Waals surface area contributed by atoms with E-state index in [1.54, 1.807) is 12.3 Å². The molecule has 1 aliphatic heterocycles. The van der Waals surface area contributed by atoms with Crippen molar-refractivity contribution in [2.45, 2.75) is 30.3 Å². The molecule has 0 saturated carbocycles. The van der Waals surface area contributed by atoms with E-state index in [1.807, 2.05) is 42.5 Å². The molecule has 4 rings (SSSR count). The Kier molecular flexibility index (Phi) is 5.15. The molecule has 0 saturated heterocycles. The number of pyridine rings is 1. The first-order valence-corrected chi connectivity index (χ1v) is 10.4. The summed E-state index contributed by atoms with van der Waals surface area (Å²) in [7, 11) is -1.28. The fraction of sp³-hybridized carbons (Fsp3) is 0.227. The molecule has 1 aliphatic rings. The van der Waals surface area contributed by atoms with Crippen molar-refractivity contribution < 1.29 is 9.32 Å². The van der Waals surface area contributed by atoms with E-state index in [9.17, 15) is 9.32 Å². The number of aromatic nitrogens is 1. The summed E-state index contributed by atoms with van der Waals surface area (Å²) >= 11 is 0. The third-order valence-corrected chi connectivity index (χ3v) is 6.57. The van der Waals surface area contributed by atoms with Crippen LogP contribution in [0.2, 0.25) is 0 Å². The van der Waals surface area contributed by atoms with Gasteiger partial charge in [0.2, 0.25) is 0 Å². The molecule has 1 aromatic heterocycles. The quantitative estimate of drug-likeness (QED) is 0.645. The zero-order valence-corrected chi connectivity index (χ0v) is 16.8. The first kappa shape index (κ1) is 18.7. The number of nitrogens with one attached hydrogen (secondary N) is 1.